The Morgan fingerprint density at radius 1 is 1.38 bits per heavy atom. The first-order valence-electron chi connectivity index (χ1n) is 6.84. The van der Waals surface area contributed by atoms with Gasteiger partial charge in [-0.3, -0.25) is 4.90 Å². The van der Waals surface area contributed by atoms with Gasteiger partial charge in [0.05, 0.1) is 6.20 Å². The first kappa shape index (κ1) is 13.9. The number of nitriles is 1. The zero-order valence-electron chi connectivity index (χ0n) is 11.5. The van der Waals surface area contributed by atoms with Crippen molar-refractivity contribution in [3.8, 4) is 6.07 Å². The van der Waals surface area contributed by atoms with Crippen LogP contribution in [0, 0.1) is 11.3 Å². The standard InChI is InChI=1S/C14H16N6S/c15-8-12-9-18-14(21-12)19-13-7-11(1-2-17-13)10-20-5-3-16-4-6-20/h1-2,7,9,16H,3-6,10H2,(H,17,18,19). The molecule has 0 amide bonds. The number of hydrogen-bond donors (Lipinski definition) is 2. The molecule has 1 aliphatic heterocycles. The second-order valence-corrected chi connectivity index (χ2v) is 5.87. The highest BCUT2D eigenvalue weighted by atomic mass is 32.1. The van der Waals surface area contributed by atoms with E-state index in [4.69, 9.17) is 5.26 Å². The lowest BCUT2D eigenvalue weighted by Gasteiger charge is -2.27. The van der Waals surface area contributed by atoms with E-state index in [-0.39, 0.29) is 0 Å². The third kappa shape index (κ3) is 3.76. The first-order valence-corrected chi connectivity index (χ1v) is 7.66. The first-order chi connectivity index (χ1) is 10.3. The van der Waals surface area contributed by atoms with E-state index in [0.29, 0.717) is 10.0 Å². The van der Waals surface area contributed by atoms with E-state index in [0.717, 1.165) is 38.5 Å². The van der Waals surface area contributed by atoms with Gasteiger partial charge in [0.25, 0.3) is 0 Å². The molecule has 6 nitrogen and oxygen atoms in total. The molecule has 0 atom stereocenters. The molecule has 2 aromatic heterocycles. The molecule has 2 aromatic rings. The number of rotatable bonds is 4. The molecule has 0 radical (unpaired) electrons. The predicted molar refractivity (Wildman–Crippen MR) is 82.5 cm³/mol. The zero-order chi connectivity index (χ0) is 14.5. The highest BCUT2D eigenvalue weighted by Gasteiger charge is 2.10. The van der Waals surface area contributed by atoms with Crippen LogP contribution in [0.2, 0.25) is 0 Å². The maximum Gasteiger partial charge on any atom is 0.189 e. The van der Waals surface area contributed by atoms with E-state index in [1.54, 1.807) is 12.4 Å². The second-order valence-electron chi connectivity index (χ2n) is 4.84. The topological polar surface area (TPSA) is 76.9 Å². The summed E-state index contributed by atoms with van der Waals surface area (Å²) in [7, 11) is 0. The molecular weight excluding hydrogens is 284 g/mol. The van der Waals surface area contributed by atoms with Crippen LogP contribution in [0.25, 0.3) is 0 Å². The molecule has 3 rings (SSSR count). The molecule has 0 bridgehead atoms. The van der Waals surface area contributed by atoms with Gasteiger partial charge in [-0.1, -0.05) is 11.3 Å². The predicted octanol–water partition coefficient (Wildman–Crippen LogP) is 1.56. The van der Waals surface area contributed by atoms with E-state index in [1.165, 1.54) is 16.9 Å². The fraction of sp³-hybridized carbons (Fsp3) is 0.357. The zero-order valence-corrected chi connectivity index (χ0v) is 12.4. The summed E-state index contributed by atoms with van der Waals surface area (Å²) < 4.78 is 0. The second kappa shape index (κ2) is 6.63. The molecule has 1 saturated heterocycles. The van der Waals surface area contributed by atoms with Crippen molar-refractivity contribution in [2.75, 3.05) is 31.5 Å². The molecule has 21 heavy (non-hydrogen) atoms. The van der Waals surface area contributed by atoms with Crippen LogP contribution >= 0.6 is 11.3 Å². The quantitative estimate of drug-likeness (QED) is 0.892. The summed E-state index contributed by atoms with van der Waals surface area (Å²) in [4.78, 5) is 11.5. The fourth-order valence-electron chi connectivity index (χ4n) is 2.26. The van der Waals surface area contributed by atoms with Crippen molar-refractivity contribution in [2.45, 2.75) is 6.54 Å². The van der Waals surface area contributed by atoms with Crippen molar-refractivity contribution in [3.63, 3.8) is 0 Å². The third-order valence-electron chi connectivity index (χ3n) is 3.29. The number of thiazole rings is 1. The number of hydrogen-bond acceptors (Lipinski definition) is 7. The van der Waals surface area contributed by atoms with Gasteiger partial charge in [-0.25, -0.2) is 9.97 Å². The van der Waals surface area contributed by atoms with Crippen LogP contribution in [0.15, 0.2) is 24.5 Å². The summed E-state index contributed by atoms with van der Waals surface area (Å²) in [6.07, 6.45) is 3.37. The minimum absolute atomic E-state index is 0.592. The van der Waals surface area contributed by atoms with E-state index in [9.17, 15) is 0 Å². The normalized spacial score (nSPS) is 15.6. The fourth-order valence-corrected chi connectivity index (χ4v) is 2.88. The number of nitrogens with zero attached hydrogens (tertiary/aromatic N) is 4. The number of nitrogens with one attached hydrogen (secondary N) is 2. The van der Waals surface area contributed by atoms with Crippen LogP contribution in [-0.4, -0.2) is 41.0 Å². The van der Waals surface area contributed by atoms with E-state index >= 15 is 0 Å². The third-order valence-corrected chi connectivity index (χ3v) is 4.11. The lowest BCUT2D eigenvalue weighted by atomic mass is 10.2. The number of piperazine rings is 1. The van der Waals surface area contributed by atoms with Gasteiger partial charge in [-0.15, -0.1) is 0 Å². The molecule has 1 aliphatic rings. The average Bonchev–Trinajstić information content (AvgIpc) is 2.96. The minimum atomic E-state index is 0.592. The van der Waals surface area contributed by atoms with Crippen molar-refractivity contribution in [2.24, 2.45) is 0 Å². The molecule has 7 heteroatoms. The number of aromatic nitrogens is 2. The van der Waals surface area contributed by atoms with Gasteiger partial charge < -0.3 is 10.6 Å². The number of anilines is 2. The van der Waals surface area contributed by atoms with Crippen LogP contribution in [0.1, 0.15) is 10.4 Å². The summed E-state index contributed by atoms with van der Waals surface area (Å²) >= 11 is 1.33. The SMILES string of the molecule is N#Cc1cnc(Nc2cc(CN3CCNCC3)ccn2)s1. The largest absolute Gasteiger partial charge is 0.316 e. The van der Waals surface area contributed by atoms with E-state index in [1.807, 2.05) is 12.1 Å². The minimum Gasteiger partial charge on any atom is -0.316 e. The highest BCUT2D eigenvalue weighted by Crippen LogP contribution is 2.21. The van der Waals surface area contributed by atoms with Crippen LogP contribution in [0.5, 0.6) is 0 Å². The van der Waals surface area contributed by atoms with E-state index < -0.39 is 0 Å². The number of pyridine rings is 1. The molecule has 0 spiro atoms. The summed E-state index contributed by atoms with van der Waals surface area (Å²) in [5.41, 5.74) is 1.23. The lowest BCUT2D eigenvalue weighted by Crippen LogP contribution is -2.42. The summed E-state index contributed by atoms with van der Waals surface area (Å²) in [5.74, 6) is 0.765. The van der Waals surface area contributed by atoms with Crippen LogP contribution in [-0.2, 0) is 6.54 Å². The van der Waals surface area contributed by atoms with Crippen LogP contribution in [0.3, 0.4) is 0 Å². The Kier molecular flexibility index (Phi) is 4.40. The average molecular weight is 300 g/mol. The lowest BCUT2D eigenvalue weighted by molar-refractivity contribution is 0.233. The Labute approximate surface area is 127 Å². The van der Waals surface area contributed by atoms with Gasteiger partial charge in [0.15, 0.2) is 5.13 Å². The summed E-state index contributed by atoms with van der Waals surface area (Å²) in [6.45, 7) is 5.17. The Morgan fingerprint density at radius 3 is 3.00 bits per heavy atom. The molecular formula is C14H16N6S. The van der Waals surface area contributed by atoms with Gasteiger partial charge >= 0.3 is 0 Å². The highest BCUT2D eigenvalue weighted by molar-refractivity contribution is 7.16. The molecule has 0 aliphatic carbocycles. The Balaban J connectivity index is 1.66. The molecule has 0 aromatic carbocycles. The molecule has 0 unspecified atom stereocenters. The van der Waals surface area contributed by atoms with Crippen molar-refractivity contribution in [3.05, 3.63) is 35.0 Å². The monoisotopic (exact) mass is 300 g/mol. The summed E-state index contributed by atoms with van der Waals surface area (Å²) in [6, 6.07) is 6.16. The van der Waals surface area contributed by atoms with Gasteiger partial charge in [0.2, 0.25) is 0 Å². The van der Waals surface area contributed by atoms with E-state index in [2.05, 4.69) is 31.6 Å². The van der Waals surface area contributed by atoms with Crippen molar-refractivity contribution >= 4 is 22.3 Å². The Hall–Kier alpha value is -2.01. The molecule has 0 saturated carbocycles. The van der Waals surface area contributed by atoms with Crippen molar-refractivity contribution in [1.82, 2.24) is 20.2 Å². The van der Waals surface area contributed by atoms with Gasteiger partial charge in [0.1, 0.15) is 16.8 Å². The van der Waals surface area contributed by atoms with Crippen LogP contribution < -0.4 is 10.6 Å². The molecule has 2 N–H and O–H groups in total. The molecule has 3 heterocycles. The van der Waals surface area contributed by atoms with Gasteiger partial charge in [-0.05, 0) is 17.7 Å². The van der Waals surface area contributed by atoms with Crippen molar-refractivity contribution < 1.29 is 0 Å². The maximum atomic E-state index is 8.81. The van der Waals surface area contributed by atoms with Gasteiger partial charge in [0, 0.05) is 38.9 Å². The smallest absolute Gasteiger partial charge is 0.189 e. The van der Waals surface area contributed by atoms with Crippen molar-refractivity contribution in [1.29, 1.82) is 5.26 Å². The Bertz CT molecular complexity index is 641. The molecule has 108 valence electrons. The van der Waals surface area contributed by atoms with Gasteiger partial charge in [-0.2, -0.15) is 5.26 Å². The Morgan fingerprint density at radius 2 is 2.24 bits per heavy atom. The summed E-state index contributed by atoms with van der Waals surface area (Å²) in [5, 5.41) is 16.0. The maximum absolute atomic E-state index is 8.81. The molecule has 1 fully saturated rings. The van der Waals surface area contributed by atoms with Crippen LogP contribution in [0.4, 0.5) is 10.9 Å².